The number of rotatable bonds is 12. The van der Waals surface area contributed by atoms with Crippen LogP contribution < -0.4 is 0 Å². The van der Waals surface area contributed by atoms with Gasteiger partial charge in [-0.25, -0.2) is 0 Å². The first kappa shape index (κ1) is 51.7. The van der Waals surface area contributed by atoms with Gasteiger partial charge in [-0.1, -0.05) is 248 Å². The van der Waals surface area contributed by atoms with Crippen LogP contribution in [0.5, 0.6) is 11.5 Å². The molecule has 4 N–H and O–H groups in total. The van der Waals surface area contributed by atoms with E-state index < -0.39 is 23.3 Å². The zero-order chi connectivity index (χ0) is 48.4. The first-order valence-corrected chi connectivity index (χ1v) is 23.1. The Morgan fingerprint density at radius 2 is 0.594 bits per heavy atom. The molecule has 69 heavy (non-hydrogen) atoms. The summed E-state index contributed by atoms with van der Waals surface area (Å²) in [5, 5.41) is 46.8. The van der Waals surface area contributed by atoms with E-state index in [9.17, 15) is 20.4 Å². The Bertz CT molecular complexity index is 2620. The standard InChI is InChI=1S/2C31H31NO2.Ti/c2*1-30(2,3)27-21-13-16-24(28(27)33)22-32-29(23-14-7-4-8-15-23)31(34,25-17-9-5-10-18-25)26-19-11-6-12-20-26;/h2*4-22,29,33-34H,1-3H3;/t2*29-;/m11./s1. The number of benzene rings is 8. The van der Waals surface area contributed by atoms with Crippen LogP contribution in [0.25, 0.3) is 0 Å². The molecule has 0 aliphatic carbocycles. The quantitative estimate of drug-likeness (QED) is 0.0723. The van der Waals surface area contributed by atoms with Crippen LogP contribution in [0.4, 0.5) is 0 Å². The van der Waals surface area contributed by atoms with Crippen molar-refractivity contribution >= 4 is 12.4 Å². The Labute approximate surface area is 423 Å². The second kappa shape index (κ2) is 22.6. The van der Waals surface area contributed by atoms with Gasteiger partial charge >= 0.3 is 0 Å². The maximum Gasteiger partial charge on any atom is 0.141 e. The minimum Gasteiger partial charge on any atom is -0.507 e. The summed E-state index contributed by atoms with van der Waals surface area (Å²) in [6.45, 7) is 12.4. The van der Waals surface area contributed by atoms with Crippen LogP contribution in [0.1, 0.15) is 109 Å². The third-order valence-electron chi connectivity index (χ3n) is 12.4. The number of hydrogen-bond donors (Lipinski definition) is 4. The van der Waals surface area contributed by atoms with Crippen LogP contribution in [0.2, 0.25) is 0 Å². The van der Waals surface area contributed by atoms with E-state index in [1.807, 2.05) is 218 Å². The van der Waals surface area contributed by atoms with Crippen molar-refractivity contribution in [3.63, 3.8) is 0 Å². The average molecular weight is 947 g/mol. The van der Waals surface area contributed by atoms with E-state index in [2.05, 4.69) is 41.5 Å². The molecule has 2 atom stereocenters. The number of aliphatic imine (C=N–C) groups is 2. The van der Waals surface area contributed by atoms with Gasteiger partial charge in [0.05, 0.1) is 0 Å². The molecule has 6 nitrogen and oxygen atoms in total. The molecule has 8 aromatic carbocycles. The number of para-hydroxylation sites is 2. The molecule has 0 aromatic heterocycles. The van der Waals surface area contributed by atoms with Crippen molar-refractivity contribution < 1.29 is 42.1 Å². The molecule has 348 valence electrons. The van der Waals surface area contributed by atoms with Gasteiger partial charge in [0.15, 0.2) is 0 Å². The molecule has 0 amide bonds. The van der Waals surface area contributed by atoms with Crippen LogP contribution in [0.3, 0.4) is 0 Å². The van der Waals surface area contributed by atoms with E-state index in [1.54, 1.807) is 12.4 Å². The number of aliphatic hydroxyl groups is 2. The van der Waals surface area contributed by atoms with Crippen LogP contribution in [0.15, 0.2) is 228 Å². The molecular formula is C62H62N2O4Ti. The molecule has 0 spiro atoms. The molecule has 0 radical (unpaired) electrons. The number of aromatic hydroxyl groups is 2. The van der Waals surface area contributed by atoms with Crippen molar-refractivity contribution in [1.82, 2.24) is 0 Å². The van der Waals surface area contributed by atoms with Gasteiger partial charge in [0, 0.05) is 45.3 Å². The van der Waals surface area contributed by atoms with Gasteiger partial charge in [-0.2, -0.15) is 0 Å². The molecule has 0 saturated heterocycles. The maximum absolute atomic E-state index is 12.4. The Morgan fingerprint density at radius 1 is 0.348 bits per heavy atom. The summed E-state index contributed by atoms with van der Waals surface area (Å²) in [7, 11) is 0. The predicted molar refractivity (Wildman–Crippen MR) is 279 cm³/mol. The van der Waals surface area contributed by atoms with E-state index >= 15 is 0 Å². The summed E-state index contributed by atoms with van der Waals surface area (Å²) in [4.78, 5) is 9.88. The first-order chi connectivity index (χ1) is 32.6. The van der Waals surface area contributed by atoms with Crippen LogP contribution in [0, 0.1) is 0 Å². The van der Waals surface area contributed by atoms with Crippen LogP contribution >= 0.6 is 0 Å². The predicted octanol–water partition coefficient (Wildman–Crippen LogP) is 13.6. The Balaban J connectivity index is 0.000000224. The van der Waals surface area contributed by atoms with Crippen molar-refractivity contribution in [2.24, 2.45) is 9.98 Å². The molecule has 7 heteroatoms. The van der Waals surface area contributed by atoms with E-state index in [-0.39, 0.29) is 44.0 Å². The Hall–Kier alpha value is -6.67. The van der Waals surface area contributed by atoms with E-state index in [4.69, 9.17) is 9.98 Å². The summed E-state index contributed by atoms with van der Waals surface area (Å²) in [6, 6.07) is 68.3. The fourth-order valence-electron chi connectivity index (χ4n) is 8.73. The third-order valence-corrected chi connectivity index (χ3v) is 12.4. The number of phenolic OH excluding ortho intramolecular Hbond substituents is 2. The van der Waals surface area contributed by atoms with Gasteiger partial charge in [0.25, 0.3) is 0 Å². The minimum atomic E-state index is -1.42. The first-order valence-electron chi connectivity index (χ1n) is 23.1. The van der Waals surface area contributed by atoms with E-state index in [0.717, 1.165) is 44.5 Å². The molecular weight excluding hydrogens is 885 g/mol. The summed E-state index contributed by atoms with van der Waals surface area (Å²) in [6.07, 6.45) is 3.36. The molecule has 0 saturated carbocycles. The van der Waals surface area contributed by atoms with Gasteiger partial charge in [0.2, 0.25) is 0 Å². The summed E-state index contributed by atoms with van der Waals surface area (Å²) >= 11 is 0. The van der Waals surface area contributed by atoms with Crippen LogP contribution in [-0.4, -0.2) is 32.9 Å². The van der Waals surface area contributed by atoms with Crippen molar-refractivity contribution in [3.05, 3.63) is 274 Å². The van der Waals surface area contributed by atoms with Gasteiger partial charge in [-0.15, -0.1) is 0 Å². The van der Waals surface area contributed by atoms with E-state index in [0.29, 0.717) is 11.1 Å². The van der Waals surface area contributed by atoms with Gasteiger partial charge in [0.1, 0.15) is 34.8 Å². The molecule has 0 unspecified atom stereocenters. The SMILES string of the molecule is CC(C)(C)c1cccc(C=N[C@H](c2ccccc2)C(O)(c2ccccc2)c2ccccc2)c1O.CC(C)(C)c1cccc(C=N[C@H](c2ccccc2)C(O)(c2ccccc2)c2ccccc2)c1O.[Ti]. The van der Waals surface area contributed by atoms with Gasteiger partial charge in [-0.3, -0.25) is 9.98 Å². The molecule has 0 fully saturated rings. The summed E-state index contributed by atoms with van der Waals surface area (Å²) in [5.74, 6) is 0.432. The van der Waals surface area contributed by atoms with Crippen LogP contribution in [-0.2, 0) is 43.7 Å². The van der Waals surface area contributed by atoms with Crippen molar-refractivity contribution in [3.8, 4) is 11.5 Å². The smallest absolute Gasteiger partial charge is 0.141 e. The summed E-state index contributed by atoms with van der Waals surface area (Å²) in [5.41, 5.74) is 4.45. The zero-order valence-corrected chi connectivity index (χ0v) is 41.8. The van der Waals surface area contributed by atoms with Gasteiger partial charge in [-0.05, 0) is 67.5 Å². The minimum absolute atomic E-state index is 0. The second-order valence-electron chi connectivity index (χ2n) is 19.2. The molecule has 0 aliphatic rings. The zero-order valence-electron chi connectivity index (χ0n) is 40.3. The fourth-order valence-corrected chi connectivity index (χ4v) is 8.73. The van der Waals surface area contributed by atoms with Crippen molar-refractivity contribution in [2.75, 3.05) is 0 Å². The topological polar surface area (TPSA) is 106 Å². The number of phenols is 2. The monoisotopic (exact) mass is 946 g/mol. The van der Waals surface area contributed by atoms with E-state index in [1.165, 1.54) is 0 Å². The Kier molecular flexibility index (Phi) is 17.0. The summed E-state index contributed by atoms with van der Waals surface area (Å²) < 4.78 is 0. The molecule has 0 aliphatic heterocycles. The fraction of sp³-hybridized carbons (Fsp3) is 0.194. The third kappa shape index (κ3) is 11.8. The molecule has 8 rings (SSSR count). The van der Waals surface area contributed by atoms with Crippen molar-refractivity contribution in [2.45, 2.75) is 75.7 Å². The number of nitrogens with zero attached hydrogens (tertiary/aromatic N) is 2. The average Bonchev–Trinajstić information content (AvgIpc) is 3.36. The molecule has 8 aromatic rings. The van der Waals surface area contributed by atoms with Crippen molar-refractivity contribution in [1.29, 1.82) is 0 Å². The maximum atomic E-state index is 12.4. The normalized spacial score (nSPS) is 13.0. The largest absolute Gasteiger partial charge is 0.507 e. The second-order valence-corrected chi connectivity index (χ2v) is 19.2. The molecule has 0 heterocycles. The molecule has 0 bridgehead atoms. The number of hydrogen-bond acceptors (Lipinski definition) is 6. The van der Waals surface area contributed by atoms with Gasteiger partial charge < -0.3 is 20.4 Å². The Morgan fingerprint density at radius 3 is 0.841 bits per heavy atom.